The number of fused-ring (bicyclic) bond motifs is 1. The van der Waals surface area contributed by atoms with Crippen LogP contribution in [0.5, 0.6) is 5.75 Å². The van der Waals surface area contributed by atoms with Gasteiger partial charge in [0.2, 0.25) is 10.0 Å². The zero-order valence-electron chi connectivity index (χ0n) is 29.2. The molecule has 4 atom stereocenters. The van der Waals surface area contributed by atoms with Gasteiger partial charge in [-0.15, -0.1) is 0 Å². The predicted octanol–water partition coefficient (Wildman–Crippen LogP) is 4.52. The van der Waals surface area contributed by atoms with Gasteiger partial charge in [-0.05, 0) is 84.2 Å². The number of likely N-dealkylation sites (N-methyl/N-ethyl adjacent to an activating group) is 1. The first-order valence-electron chi connectivity index (χ1n) is 16.4. The van der Waals surface area contributed by atoms with Crippen LogP contribution in [0.15, 0.2) is 56.8 Å². The van der Waals surface area contributed by atoms with Crippen molar-refractivity contribution < 1.29 is 40.7 Å². The first-order chi connectivity index (χ1) is 23.0. The quantitative estimate of drug-likeness (QED) is 0.321. The Balaban J connectivity index is 1.69. The minimum atomic E-state index is -4.11. The van der Waals surface area contributed by atoms with Gasteiger partial charge in [-0.1, -0.05) is 29.8 Å². The molecule has 0 bridgehead atoms. The summed E-state index contributed by atoms with van der Waals surface area (Å²) in [4.78, 5) is 16.0. The Morgan fingerprint density at radius 3 is 2.39 bits per heavy atom. The van der Waals surface area contributed by atoms with Crippen LogP contribution in [0, 0.1) is 26.7 Å². The molecule has 0 unspecified atom stereocenters. The monoisotopic (exact) mass is 720 g/mol. The second kappa shape index (κ2) is 16.0. The highest BCUT2D eigenvalue weighted by Gasteiger charge is 2.33. The summed E-state index contributed by atoms with van der Waals surface area (Å²) in [6.07, 6.45) is 1.23. The fourth-order valence-electron chi connectivity index (χ4n) is 5.75. The zero-order chi connectivity index (χ0) is 36.1. The Bertz CT molecular complexity index is 1790. The van der Waals surface area contributed by atoms with Crippen molar-refractivity contribution in [3.05, 3.63) is 65.0 Å². The molecule has 1 aliphatic rings. The lowest BCUT2D eigenvalue weighted by Crippen LogP contribution is -2.48. The number of ether oxygens (including phenoxy) is 2. The number of nitrogens with zero attached hydrogens (tertiary/aromatic N) is 3. The van der Waals surface area contributed by atoms with Gasteiger partial charge in [-0.3, -0.25) is 9.52 Å². The SMILES string of the molecule is Cc1ccc(S(=O)(=O)N(C)C[C@@H]2OCCCC[C@H](C)Oc3ccc(NS(=O)(=O)c4c(C)noc4C)cc3C(=O)N([C@H](C)CO)C[C@@H]2C)cc1. The number of sulfonamides is 2. The number of hydrogen-bond acceptors (Lipinski definition) is 10. The van der Waals surface area contributed by atoms with E-state index < -0.39 is 38.1 Å². The Morgan fingerprint density at radius 2 is 1.76 bits per heavy atom. The van der Waals surface area contributed by atoms with Crippen molar-refractivity contribution >= 4 is 31.6 Å². The van der Waals surface area contributed by atoms with E-state index in [9.17, 15) is 26.7 Å². The average Bonchev–Trinajstić information content (AvgIpc) is 3.40. The standard InChI is InChI=1S/C34H48N4O9S2/c1-22-11-14-29(15-12-22)49(43,44)37(7)20-32-23(2)19-38(24(3)21-39)34(40)30-18-28(36-48(41,42)33-26(5)35-47-27(33)6)13-16-31(30)46-25(4)10-8-9-17-45-32/h11-16,18,23-25,32,36,39H,8-10,17,19-21H2,1-7H3/t23-,24+,25-,32-/m0/s1. The van der Waals surface area contributed by atoms with Crippen LogP contribution in [-0.2, 0) is 24.8 Å². The third-order valence-electron chi connectivity index (χ3n) is 8.71. The summed E-state index contributed by atoms with van der Waals surface area (Å²) in [6, 6.07) is 10.5. The van der Waals surface area contributed by atoms with Crippen molar-refractivity contribution in [2.45, 2.75) is 88.8 Å². The van der Waals surface area contributed by atoms with E-state index in [1.165, 1.54) is 42.2 Å². The normalized spacial score (nSPS) is 20.7. The van der Waals surface area contributed by atoms with Crippen LogP contribution in [0.3, 0.4) is 0 Å². The lowest BCUT2D eigenvalue weighted by atomic mass is 10.0. The predicted molar refractivity (Wildman–Crippen MR) is 185 cm³/mol. The van der Waals surface area contributed by atoms with Gasteiger partial charge in [-0.2, -0.15) is 4.31 Å². The van der Waals surface area contributed by atoms with Crippen molar-refractivity contribution in [3.8, 4) is 5.75 Å². The summed E-state index contributed by atoms with van der Waals surface area (Å²) in [5.41, 5.74) is 1.37. The molecular weight excluding hydrogens is 673 g/mol. The molecule has 0 aliphatic carbocycles. The molecule has 1 aliphatic heterocycles. The number of carbonyl (C=O) groups is 1. The van der Waals surface area contributed by atoms with Crippen LogP contribution in [0.1, 0.15) is 67.4 Å². The summed E-state index contributed by atoms with van der Waals surface area (Å²) in [5, 5.41) is 14.0. The maximum absolute atomic E-state index is 14.4. The Hall–Kier alpha value is -3.50. The molecular formula is C34H48N4O9S2. The van der Waals surface area contributed by atoms with Crippen molar-refractivity contribution in [2.75, 3.05) is 38.1 Å². The zero-order valence-corrected chi connectivity index (χ0v) is 30.8. The van der Waals surface area contributed by atoms with E-state index in [1.54, 1.807) is 37.3 Å². The number of anilines is 1. The lowest BCUT2D eigenvalue weighted by molar-refractivity contribution is -0.00833. The highest BCUT2D eigenvalue weighted by atomic mass is 32.2. The molecule has 49 heavy (non-hydrogen) atoms. The molecule has 13 nitrogen and oxygen atoms in total. The van der Waals surface area contributed by atoms with E-state index in [2.05, 4.69) is 9.88 Å². The first-order valence-corrected chi connectivity index (χ1v) is 19.3. The number of rotatable bonds is 9. The molecule has 0 spiro atoms. The molecule has 0 saturated carbocycles. The Kier molecular flexibility index (Phi) is 12.5. The molecule has 4 rings (SSSR count). The largest absolute Gasteiger partial charge is 0.490 e. The molecule has 15 heteroatoms. The minimum absolute atomic E-state index is 0.0383. The van der Waals surface area contributed by atoms with Gasteiger partial charge in [0.05, 0.1) is 35.3 Å². The van der Waals surface area contributed by atoms with Gasteiger partial charge < -0.3 is 24.0 Å². The van der Waals surface area contributed by atoms with E-state index in [4.69, 9.17) is 14.0 Å². The number of benzene rings is 2. The lowest BCUT2D eigenvalue weighted by Gasteiger charge is -2.35. The topological polar surface area (TPSA) is 169 Å². The maximum atomic E-state index is 14.4. The van der Waals surface area contributed by atoms with Gasteiger partial charge in [0.1, 0.15) is 11.4 Å². The number of hydrogen-bond donors (Lipinski definition) is 2. The van der Waals surface area contributed by atoms with Crippen LogP contribution in [-0.4, -0.2) is 93.8 Å². The van der Waals surface area contributed by atoms with Crippen molar-refractivity contribution in [1.29, 1.82) is 0 Å². The molecule has 0 fully saturated rings. The average molecular weight is 721 g/mol. The van der Waals surface area contributed by atoms with Crippen LogP contribution in [0.25, 0.3) is 0 Å². The van der Waals surface area contributed by atoms with E-state index in [0.717, 1.165) is 12.0 Å². The fourth-order valence-corrected chi connectivity index (χ4v) is 8.32. The Labute approximate surface area is 289 Å². The van der Waals surface area contributed by atoms with Gasteiger partial charge in [0, 0.05) is 38.3 Å². The minimum Gasteiger partial charge on any atom is -0.490 e. The van der Waals surface area contributed by atoms with Crippen LogP contribution in [0.4, 0.5) is 5.69 Å². The van der Waals surface area contributed by atoms with E-state index in [-0.39, 0.29) is 70.0 Å². The third kappa shape index (κ3) is 9.19. The highest BCUT2D eigenvalue weighted by Crippen LogP contribution is 2.30. The van der Waals surface area contributed by atoms with Crippen molar-refractivity contribution in [3.63, 3.8) is 0 Å². The number of amides is 1. The van der Waals surface area contributed by atoms with Crippen LogP contribution < -0.4 is 9.46 Å². The van der Waals surface area contributed by atoms with Gasteiger partial charge in [-0.25, -0.2) is 16.8 Å². The van der Waals surface area contributed by atoms with Crippen LogP contribution in [0.2, 0.25) is 0 Å². The molecule has 2 aromatic carbocycles. The summed E-state index contributed by atoms with van der Waals surface area (Å²) < 4.78 is 75.0. The molecule has 3 aromatic rings. The first kappa shape index (κ1) is 38.3. The van der Waals surface area contributed by atoms with E-state index in [0.29, 0.717) is 19.4 Å². The number of aliphatic hydroxyl groups excluding tert-OH is 1. The molecule has 0 radical (unpaired) electrons. The number of aryl methyl sites for hydroxylation is 3. The second-order valence-corrected chi connectivity index (χ2v) is 16.5. The Morgan fingerprint density at radius 1 is 1.06 bits per heavy atom. The van der Waals surface area contributed by atoms with Crippen molar-refractivity contribution in [2.24, 2.45) is 5.92 Å². The van der Waals surface area contributed by atoms with Gasteiger partial charge >= 0.3 is 0 Å². The molecule has 1 aromatic heterocycles. The van der Waals surface area contributed by atoms with E-state index in [1.807, 2.05) is 20.8 Å². The van der Waals surface area contributed by atoms with Crippen LogP contribution >= 0.6 is 0 Å². The summed E-state index contributed by atoms with van der Waals surface area (Å²) >= 11 is 0. The highest BCUT2D eigenvalue weighted by molar-refractivity contribution is 7.92. The summed E-state index contributed by atoms with van der Waals surface area (Å²) in [5.74, 6) is -0.469. The number of nitrogens with one attached hydrogen (secondary N) is 1. The molecule has 270 valence electrons. The summed E-state index contributed by atoms with van der Waals surface area (Å²) in [6.45, 7) is 10.5. The smallest absolute Gasteiger partial charge is 0.267 e. The number of carbonyl (C=O) groups excluding carboxylic acids is 1. The maximum Gasteiger partial charge on any atom is 0.267 e. The van der Waals surface area contributed by atoms with Crippen molar-refractivity contribution in [1.82, 2.24) is 14.4 Å². The number of aromatic nitrogens is 1. The molecule has 1 amide bonds. The molecule has 2 N–H and O–H groups in total. The van der Waals surface area contributed by atoms with Gasteiger partial charge in [0.25, 0.3) is 15.9 Å². The number of aliphatic hydroxyl groups is 1. The fraction of sp³-hybridized carbons (Fsp3) is 0.529. The van der Waals surface area contributed by atoms with Gasteiger partial charge in [0.15, 0.2) is 10.7 Å². The second-order valence-electron chi connectivity index (χ2n) is 12.9. The molecule has 0 saturated heterocycles. The molecule has 2 heterocycles. The summed E-state index contributed by atoms with van der Waals surface area (Å²) in [7, 11) is -6.43. The van der Waals surface area contributed by atoms with E-state index >= 15 is 0 Å². The third-order valence-corrected chi connectivity index (χ3v) is 12.2.